The third kappa shape index (κ3) is 3.22. The fourth-order valence-electron chi connectivity index (χ4n) is 2.48. The van der Waals surface area contributed by atoms with Gasteiger partial charge in [-0.15, -0.1) is 5.10 Å². The lowest BCUT2D eigenvalue weighted by molar-refractivity contribution is 0.0953. The quantitative estimate of drug-likeness (QED) is 0.919. The Balaban J connectivity index is 1.69. The first kappa shape index (κ1) is 14.8. The smallest absolute Gasteiger partial charge is 0.265 e. The number of carbonyl (C=O) groups excluding carboxylic acids is 1. The number of hydrogen-bond donors (Lipinski definition) is 1. The predicted octanol–water partition coefficient (Wildman–Crippen LogP) is 1.48. The fraction of sp³-hybridized carbons (Fsp3) is 0.500. The molecule has 0 aliphatic carbocycles. The van der Waals surface area contributed by atoms with Crippen LogP contribution in [0, 0.1) is 13.8 Å². The standard InChI is InChI=1S/C14H18N6OS/c1-9-7-12(20-5-3-4-6-20)17-11(16-9)8-15-14(21)13-10(2)18-19-22-13/h7H,3-6,8H2,1-2H3,(H,15,21). The van der Waals surface area contributed by atoms with Gasteiger partial charge in [-0.1, -0.05) is 4.49 Å². The number of rotatable bonds is 4. The van der Waals surface area contributed by atoms with Crippen molar-refractivity contribution >= 4 is 23.3 Å². The average Bonchev–Trinajstić information content (AvgIpc) is 3.15. The van der Waals surface area contributed by atoms with E-state index in [1.54, 1.807) is 6.92 Å². The molecule has 1 amide bonds. The van der Waals surface area contributed by atoms with Gasteiger partial charge < -0.3 is 10.2 Å². The molecule has 3 rings (SSSR count). The minimum absolute atomic E-state index is 0.180. The highest BCUT2D eigenvalue weighted by atomic mass is 32.1. The third-order valence-corrected chi connectivity index (χ3v) is 4.41. The lowest BCUT2D eigenvalue weighted by Crippen LogP contribution is -2.25. The van der Waals surface area contributed by atoms with Gasteiger partial charge >= 0.3 is 0 Å². The van der Waals surface area contributed by atoms with E-state index in [-0.39, 0.29) is 5.91 Å². The molecule has 0 atom stereocenters. The summed E-state index contributed by atoms with van der Waals surface area (Å²) in [5.74, 6) is 1.40. The Bertz CT molecular complexity index is 680. The van der Waals surface area contributed by atoms with Crippen molar-refractivity contribution in [2.24, 2.45) is 0 Å². The number of aryl methyl sites for hydroxylation is 2. The van der Waals surface area contributed by atoms with E-state index in [1.165, 1.54) is 12.8 Å². The van der Waals surface area contributed by atoms with Crippen molar-refractivity contribution in [3.8, 4) is 0 Å². The van der Waals surface area contributed by atoms with E-state index in [2.05, 4.69) is 29.8 Å². The van der Waals surface area contributed by atoms with Crippen LogP contribution in [0.2, 0.25) is 0 Å². The summed E-state index contributed by atoms with van der Waals surface area (Å²) in [4.78, 5) is 23.8. The highest BCUT2D eigenvalue weighted by Gasteiger charge is 2.16. The van der Waals surface area contributed by atoms with Crippen molar-refractivity contribution in [3.63, 3.8) is 0 Å². The van der Waals surface area contributed by atoms with Crippen molar-refractivity contribution < 1.29 is 4.79 Å². The summed E-state index contributed by atoms with van der Waals surface area (Å²) in [6.07, 6.45) is 2.40. The molecule has 2 aromatic heterocycles. The van der Waals surface area contributed by atoms with Gasteiger partial charge in [-0.2, -0.15) is 0 Å². The highest BCUT2D eigenvalue weighted by Crippen LogP contribution is 2.18. The molecule has 0 saturated carbocycles. The minimum Gasteiger partial charge on any atom is -0.357 e. The number of nitrogens with one attached hydrogen (secondary N) is 1. The Hall–Kier alpha value is -2.09. The third-order valence-electron chi connectivity index (χ3n) is 3.58. The first-order valence-electron chi connectivity index (χ1n) is 7.30. The van der Waals surface area contributed by atoms with E-state index in [0.717, 1.165) is 36.1 Å². The maximum absolute atomic E-state index is 12.1. The van der Waals surface area contributed by atoms with Crippen molar-refractivity contribution in [2.45, 2.75) is 33.2 Å². The monoisotopic (exact) mass is 318 g/mol. The van der Waals surface area contributed by atoms with Gasteiger partial charge in [0.05, 0.1) is 12.2 Å². The van der Waals surface area contributed by atoms with Crippen LogP contribution in [0.25, 0.3) is 0 Å². The maximum atomic E-state index is 12.1. The van der Waals surface area contributed by atoms with Crippen LogP contribution < -0.4 is 10.2 Å². The molecule has 1 aliphatic heterocycles. The van der Waals surface area contributed by atoms with E-state index in [4.69, 9.17) is 0 Å². The van der Waals surface area contributed by atoms with Crippen molar-refractivity contribution in [2.75, 3.05) is 18.0 Å². The molecule has 1 N–H and O–H groups in total. The van der Waals surface area contributed by atoms with Gasteiger partial charge in [0.2, 0.25) is 0 Å². The summed E-state index contributed by atoms with van der Waals surface area (Å²) >= 11 is 1.10. The second kappa shape index (κ2) is 6.35. The van der Waals surface area contributed by atoms with Gasteiger partial charge in [-0.25, -0.2) is 9.97 Å². The normalized spacial score (nSPS) is 14.4. The molecule has 22 heavy (non-hydrogen) atoms. The molecule has 1 saturated heterocycles. The molecular weight excluding hydrogens is 300 g/mol. The van der Waals surface area contributed by atoms with Crippen molar-refractivity contribution in [1.29, 1.82) is 0 Å². The summed E-state index contributed by atoms with van der Waals surface area (Å²) in [6.45, 7) is 6.09. The van der Waals surface area contributed by atoms with Crippen molar-refractivity contribution in [1.82, 2.24) is 24.9 Å². The highest BCUT2D eigenvalue weighted by molar-refractivity contribution is 7.07. The zero-order valence-electron chi connectivity index (χ0n) is 12.7. The van der Waals surface area contributed by atoms with Crippen LogP contribution in [0.15, 0.2) is 6.07 Å². The van der Waals surface area contributed by atoms with Gasteiger partial charge in [-0.3, -0.25) is 4.79 Å². The van der Waals surface area contributed by atoms with Crippen molar-refractivity contribution in [3.05, 3.63) is 28.2 Å². The number of amides is 1. The first-order chi connectivity index (χ1) is 10.6. The molecule has 7 nitrogen and oxygen atoms in total. The summed E-state index contributed by atoms with van der Waals surface area (Å²) in [6, 6.07) is 1.99. The largest absolute Gasteiger partial charge is 0.357 e. The second-order valence-electron chi connectivity index (χ2n) is 5.35. The Morgan fingerprint density at radius 3 is 2.77 bits per heavy atom. The molecule has 0 unspecified atom stereocenters. The Labute approximate surface area is 133 Å². The fourth-order valence-corrected chi connectivity index (χ4v) is 3.05. The van der Waals surface area contributed by atoms with Gasteiger partial charge in [0, 0.05) is 24.8 Å². The molecule has 1 aliphatic rings. The molecule has 2 aromatic rings. The topological polar surface area (TPSA) is 83.9 Å². The van der Waals surface area contributed by atoms with E-state index >= 15 is 0 Å². The molecule has 116 valence electrons. The Morgan fingerprint density at radius 1 is 1.32 bits per heavy atom. The second-order valence-corrected chi connectivity index (χ2v) is 6.10. The molecule has 0 bridgehead atoms. The maximum Gasteiger partial charge on any atom is 0.265 e. The molecule has 0 spiro atoms. The Kier molecular flexibility index (Phi) is 4.28. The van der Waals surface area contributed by atoms with Gasteiger partial charge in [0.25, 0.3) is 5.91 Å². The molecule has 0 radical (unpaired) electrons. The van der Waals surface area contributed by atoms with Gasteiger partial charge in [0.1, 0.15) is 16.5 Å². The molecular formula is C14H18N6OS. The lowest BCUT2D eigenvalue weighted by atomic mass is 10.3. The van der Waals surface area contributed by atoms with Crippen LogP contribution >= 0.6 is 11.5 Å². The predicted molar refractivity (Wildman–Crippen MR) is 84.0 cm³/mol. The lowest BCUT2D eigenvalue weighted by Gasteiger charge is -2.17. The van der Waals surface area contributed by atoms with Crippen LogP contribution in [0.5, 0.6) is 0 Å². The zero-order chi connectivity index (χ0) is 15.5. The van der Waals surface area contributed by atoms with Crippen LogP contribution in [0.1, 0.15) is 39.7 Å². The molecule has 8 heteroatoms. The number of aromatic nitrogens is 4. The first-order valence-corrected chi connectivity index (χ1v) is 8.07. The summed E-state index contributed by atoms with van der Waals surface area (Å²) in [5, 5.41) is 6.68. The molecule has 3 heterocycles. The number of carbonyl (C=O) groups is 1. The summed E-state index contributed by atoms with van der Waals surface area (Å²) < 4.78 is 3.77. The summed E-state index contributed by atoms with van der Waals surface area (Å²) in [7, 11) is 0. The summed E-state index contributed by atoms with van der Waals surface area (Å²) in [5.41, 5.74) is 1.56. The number of hydrogen-bond acceptors (Lipinski definition) is 7. The SMILES string of the molecule is Cc1cc(N2CCCC2)nc(CNC(=O)c2snnc2C)n1. The van der Waals surface area contributed by atoms with Crippen LogP contribution in [0.4, 0.5) is 5.82 Å². The minimum atomic E-state index is -0.180. The number of nitrogens with zero attached hydrogens (tertiary/aromatic N) is 5. The zero-order valence-corrected chi connectivity index (χ0v) is 13.5. The number of anilines is 1. The molecule has 1 fully saturated rings. The van der Waals surface area contributed by atoms with Gasteiger partial charge in [-0.05, 0) is 38.2 Å². The average molecular weight is 318 g/mol. The van der Waals surface area contributed by atoms with Gasteiger partial charge in [0.15, 0.2) is 0 Å². The molecule has 0 aromatic carbocycles. The van der Waals surface area contributed by atoms with E-state index in [1.807, 2.05) is 13.0 Å². The Morgan fingerprint density at radius 2 is 2.09 bits per heavy atom. The van der Waals surface area contributed by atoms with Crippen LogP contribution in [0.3, 0.4) is 0 Å². The van der Waals surface area contributed by atoms with E-state index in [9.17, 15) is 4.79 Å². The van der Waals surface area contributed by atoms with E-state index in [0.29, 0.717) is 22.9 Å². The van der Waals surface area contributed by atoms with E-state index < -0.39 is 0 Å². The van der Waals surface area contributed by atoms with Crippen LogP contribution in [-0.2, 0) is 6.54 Å². The van der Waals surface area contributed by atoms with Crippen LogP contribution in [-0.4, -0.2) is 38.6 Å².